The van der Waals surface area contributed by atoms with Crippen molar-refractivity contribution in [3.05, 3.63) is 0 Å². The summed E-state index contributed by atoms with van der Waals surface area (Å²) in [7, 11) is 1.75. The molecule has 0 saturated heterocycles. The summed E-state index contributed by atoms with van der Waals surface area (Å²) in [6.07, 6.45) is 5.90. The fourth-order valence-corrected chi connectivity index (χ4v) is 2.09. The Labute approximate surface area is 74.4 Å². The van der Waals surface area contributed by atoms with Gasteiger partial charge in [-0.1, -0.05) is 19.3 Å². The minimum Gasteiger partial charge on any atom is -0.377 e. The molecule has 4 N–H and O–H groups in total. The lowest BCUT2D eigenvalue weighted by Gasteiger charge is -2.40. The molecule has 1 saturated carbocycles. The van der Waals surface area contributed by atoms with Crippen LogP contribution in [0.3, 0.4) is 0 Å². The average molecular weight is 172 g/mol. The first-order chi connectivity index (χ1) is 5.75. The van der Waals surface area contributed by atoms with Crippen molar-refractivity contribution in [1.29, 1.82) is 0 Å². The standard InChI is InChI=1S/C9H20N2O/c1-12-9(8(11)7-10)5-3-2-4-6-9/h8H,2-7,10-11H2,1H3. The van der Waals surface area contributed by atoms with Gasteiger partial charge in [0.2, 0.25) is 0 Å². The van der Waals surface area contributed by atoms with Crippen LogP contribution in [0.25, 0.3) is 0 Å². The van der Waals surface area contributed by atoms with E-state index in [1.165, 1.54) is 19.3 Å². The zero-order valence-corrected chi connectivity index (χ0v) is 7.88. The van der Waals surface area contributed by atoms with Crippen LogP contribution in [-0.4, -0.2) is 25.3 Å². The lowest BCUT2D eigenvalue weighted by atomic mass is 9.79. The molecular weight excluding hydrogens is 152 g/mol. The molecule has 0 aromatic heterocycles. The second kappa shape index (κ2) is 4.21. The van der Waals surface area contributed by atoms with Crippen LogP contribution in [0.4, 0.5) is 0 Å². The minimum atomic E-state index is -0.118. The lowest BCUT2D eigenvalue weighted by Crippen LogP contribution is -2.54. The van der Waals surface area contributed by atoms with Gasteiger partial charge in [0.15, 0.2) is 0 Å². The molecule has 12 heavy (non-hydrogen) atoms. The van der Waals surface area contributed by atoms with Gasteiger partial charge in [0.05, 0.1) is 5.60 Å². The minimum absolute atomic E-state index is 0.00259. The zero-order chi connectivity index (χ0) is 9.03. The van der Waals surface area contributed by atoms with Crippen LogP contribution >= 0.6 is 0 Å². The van der Waals surface area contributed by atoms with E-state index in [1.54, 1.807) is 7.11 Å². The number of methoxy groups -OCH3 is 1. The largest absolute Gasteiger partial charge is 0.377 e. The van der Waals surface area contributed by atoms with Gasteiger partial charge < -0.3 is 16.2 Å². The zero-order valence-electron chi connectivity index (χ0n) is 7.88. The van der Waals surface area contributed by atoms with Crippen molar-refractivity contribution >= 4 is 0 Å². The number of ether oxygens (including phenoxy) is 1. The smallest absolute Gasteiger partial charge is 0.0841 e. The molecule has 0 spiro atoms. The van der Waals surface area contributed by atoms with Gasteiger partial charge >= 0.3 is 0 Å². The first-order valence-electron chi connectivity index (χ1n) is 4.76. The van der Waals surface area contributed by atoms with Crippen LogP contribution in [-0.2, 0) is 4.74 Å². The van der Waals surface area contributed by atoms with Crippen molar-refractivity contribution in [2.45, 2.75) is 43.7 Å². The summed E-state index contributed by atoms with van der Waals surface area (Å²) in [6.45, 7) is 0.522. The van der Waals surface area contributed by atoms with Crippen molar-refractivity contribution in [2.75, 3.05) is 13.7 Å². The summed E-state index contributed by atoms with van der Waals surface area (Å²) >= 11 is 0. The van der Waals surface area contributed by atoms with Gasteiger partial charge in [-0.05, 0) is 12.8 Å². The Bertz CT molecular complexity index is 132. The SMILES string of the molecule is COC1(C(N)CN)CCCCC1. The van der Waals surface area contributed by atoms with E-state index in [9.17, 15) is 0 Å². The van der Waals surface area contributed by atoms with Crippen molar-refractivity contribution in [2.24, 2.45) is 11.5 Å². The number of hydrogen-bond acceptors (Lipinski definition) is 3. The van der Waals surface area contributed by atoms with Crippen LogP contribution in [0.5, 0.6) is 0 Å². The predicted molar refractivity (Wildman–Crippen MR) is 49.9 cm³/mol. The average Bonchev–Trinajstić information content (AvgIpc) is 2.17. The van der Waals surface area contributed by atoms with Crippen molar-refractivity contribution in [3.8, 4) is 0 Å². The molecule has 72 valence electrons. The Hall–Kier alpha value is -0.120. The molecule has 3 heteroatoms. The molecule has 0 amide bonds. The third-order valence-electron chi connectivity index (χ3n) is 3.04. The van der Waals surface area contributed by atoms with E-state index < -0.39 is 0 Å². The maximum absolute atomic E-state index is 5.94. The molecule has 0 aromatic rings. The van der Waals surface area contributed by atoms with Gasteiger partial charge in [0.25, 0.3) is 0 Å². The quantitative estimate of drug-likeness (QED) is 0.656. The molecule has 1 unspecified atom stereocenters. The predicted octanol–water partition coefficient (Wildman–Crippen LogP) is 0.622. The van der Waals surface area contributed by atoms with Crippen LogP contribution in [0, 0.1) is 0 Å². The van der Waals surface area contributed by atoms with Gasteiger partial charge in [-0.15, -0.1) is 0 Å². The summed E-state index contributed by atoms with van der Waals surface area (Å²) in [5.74, 6) is 0. The molecule has 1 fully saturated rings. The monoisotopic (exact) mass is 172 g/mol. The first-order valence-corrected chi connectivity index (χ1v) is 4.76. The van der Waals surface area contributed by atoms with Crippen molar-refractivity contribution in [3.63, 3.8) is 0 Å². The fraction of sp³-hybridized carbons (Fsp3) is 1.00. The fourth-order valence-electron chi connectivity index (χ4n) is 2.09. The Morgan fingerprint density at radius 3 is 2.33 bits per heavy atom. The first kappa shape index (κ1) is 9.96. The summed E-state index contributed by atoms with van der Waals surface area (Å²) in [4.78, 5) is 0. The highest BCUT2D eigenvalue weighted by Crippen LogP contribution is 2.32. The normalized spacial score (nSPS) is 25.2. The molecule has 0 heterocycles. The molecular formula is C9H20N2O. The second-order valence-electron chi connectivity index (χ2n) is 3.67. The van der Waals surface area contributed by atoms with E-state index in [0.717, 1.165) is 12.8 Å². The molecule has 1 atom stereocenters. The van der Waals surface area contributed by atoms with Gasteiger partial charge in [-0.3, -0.25) is 0 Å². The van der Waals surface area contributed by atoms with E-state index in [2.05, 4.69) is 0 Å². The Kier molecular flexibility index (Phi) is 3.50. The molecule has 0 bridgehead atoms. The molecule has 3 nitrogen and oxygen atoms in total. The molecule has 1 aliphatic carbocycles. The highest BCUT2D eigenvalue weighted by molar-refractivity contribution is 4.93. The molecule has 0 aliphatic heterocycles. The summed E-state index contributed by atoms with van der Waals surface area (Å²) in [5, 5.41) is 0. The molecule has 0 radical (unpaired) electrons. The van der Waals surface area contributed by atoms with E-state index in [0.29, 0.717) is 6.54 Å². The van der Waals surface area contributed by atoms with E-state index >= 15 is 0 Å². The Morgan fingerprint density at radius 1 is 1.33 bits per heavy atom. The van der Waals surface area contributed by atoms with Gasteiger partial charge in [-0.25, -0.2) is 0 Å². The topological polar surface area (TPSA) is 61.3 Å². The summed E-state index contributed by atoms with van der Waals surface area (Å²) in [5.41, 5.74) is 11.4. The van der Waals surface area contributed by atoms with E-state index in [-0.39, 0.29) is 11.6 Å². The highest BCUT2D eigenvalue weighted by atomic mass is 16.5. The van der Waals surface area contributed by atoms with Crippen LogP contribution in [0.2, 0.25) is 0 Å². The second-order valence-corrected chi connectivity index (χ2v) is 3.67. The van der Waals surface area contributed by atoms with Gasteiger partial charge in [0.1, 0.15) is 0 Å². The third kappa shape index (κ3) is 1.79. The Balaban J connectivity index is 2.59. The summed E-state index contributed by atoms with van der Waals surface area (Å²) in [6, 6.07) is 0.00259. The maximum atomic E-state index is 5.94. The maximum Gasteiger partial charge on any atom is 0.0841 e. The van der Waals surface area contributed by atoms with E-state index in [1.807, 2.05) is 0 Å². The van der Waals surface area contributed by atoms with Crippen LogP contribution in [0.15, 0.2) is 0 Å². The van der Waals surface area contributed by atoms with Gasteiger partial charge in [0, 0.05) is 19.7 Å². The van der Waals surface area contributed by atoms with Crippen molar-refractivity contribution < 1.29 is 4.74 Å². The Morgan fingerprint density at radius 2 is 1.92 bits per heavy atom. The summed E-state index contributed by atoms with van der Waals surface area (Å²) < 4.78 is 5.53. The highest BCUT2D eigenvalue weighted by Gasteiger charge is 2.36. The number of hydrogen-bond donors (Lipinski definition) is 2. The lowest BCUT2D eigenvalue weighted by molar-refractivity contribution is -0.0562. The molecule has 1 aliphatic rings. The number of rotatable bonds is 3. The number of nitrogens with two attached hydrogens (primary N) is 2. The van der Waals surface area contributed by atoms with Crippen LogP contribution < -0.4 is 11.5 Å². The third-order valence-corrected chi connectivity index (χ3v) is 3.04. The van der Waals surface area contributed by atoms with E-state index in [4.69, 9.17) is 16.2 Å². The van der Waals surface area contributed by atoms with Gasteiger partial charge in [-0.2, -0.15) is 0 Å². The molecule has 1 rings (SSSR count). The van der Waals surface area contributed by atoms with Crippen LogP contribution in [0.1, 0.15) is 32.1 Å². The van der Waals surface area contributed by atoms with Crippen molar-refractivity contribution in [1.82, 2.24) is 0 Å². The molecule has 0 aromatic carbocycles.